The maximum absolute atomic E-state index is 12.5. The van der Waals surface area contributed by atoms with Crippen molar-refractivity contribution < 1.29 is 4.79 Å². The number of rotatable bonds is 4. The highest BCUT2D eigenvalue weighted by molar-refractivity contribution is 7.98. The zero-order chi connectivity index (χ0) is 16.2. The van der Waals surface area contributed by atoms with Crippen molar-refractivity contribution in [3.05, 3.63) is 35.7 Å². The van der Waals surface area contributed by atoms with Gasteiger partial charge in [0.1, 0.15) is 0 Å². The van der Waals surface area contributed by atoms with Gasteiger partial charge in [0, 0.05) is 10.6 Å². The van der Waals surface area contributed by atoms with Gasteiger partial charge in [-0.15, -0.1) is 29.3 Å². The second-order valence-corrected chi connectivity index (χ2v) is 6.51. The van der Waals surface area contributed by atoms with Crippen molar-refractivity contribution >= 4 is 35.8 Å². The second-order valence-electron chi connectivity index (χ2n) is 5.64. The molecule has 0 spiro atoms. The first-order chi connectivity index (χ1) is 11.2. The molecule has 0 radical (unpaired) electrons. The normalized spacial score (nSPS) is 14.9. The Labute approximate surface area is 152 Å². The summed E-state index contributed by atoms with van der Waals surface area (Å²) in [7, 11) is 0. The topological polar surface area (TPSA) is 71.8 Å². The van der Waals surface area contributed by atoms with Crippen LogP contribution in [-0.2, 0) is 0 Å². The highest BCUT2D eigenvalue weighted by Gasteiger charge is 2.22. The largest absolute Gasteiger partial charge is 0.320 e. The molecule has 2 heterocycles. The highest BCUT2D eigenvalue weighted by Crippen LogP contribution is 2.22. The number of carbonyl (C=O) groups excluding carboxylic acids is 1. The third-order valence-electron chi connectivity index (χ3n) is 4.12. The lowest BCUT2D eigenvalue weighted by atomic mass is 10.1. The molecular weight excluding hydrogens is 346 g/mol. The van der Waals surface area contributed by atoms with Crippen molar-refractivity contribution in [2.24, 2.45) is 0 Å². The number of piperidine rings is 1. The van der Waals surface area contributed by atoms with Gasteiger partial charge in [0.15, 0.2) is 5.69 Å². The van der Waals surface area contributed by atoms with E-state index in [1.165, 1.54) is 0 Å². The Morgan fingerprint density at radius 3 is 2.83 bits per heavy atom. The first kappa shape index (κ1) is 18.8. The number of benzene rings is 1. The van der Waals surface area contributed by atoms with Gasteiger partial charge in [0.2, 0.25) is 0 Å². The summed E-state index contributed by atoms with van der Waals surface area (Å²) in [5.41, 5.74) is 2.01. The Kier molecular flexibility index (Phi) is 6.65. The molecule has 24 heavy (non-hydrogen) atoms. The van der Waals surface area contributed by atoms with Crippen molar-refractivity contribution in [3.8, 4) is 0 Å². The zero-order valence-electron chi connectivity index (χ0n) is 13.8. The van der Waals surface area contributed by atoms with Crippen LogP contribution in [0.4, 0.5) is 5.69 Å². The molecule has 6 nitrogen and oxygen atoms in total. The first-order valence-corrected chi connectivity index (χ1v) is 8.99. The predicted molar refractivity (Wildman–Crippen MR) is 99.3 cm³/mol. The third-order valence-corrected chi connectivity index (χ3v) is 4.85. The van der Waals surface area contributed by atoms with E-state index in [4.69, 9.17) is 0 Å². The minimum Gasteiger partial charge on any atom is -0.320 e. The van der Waals surface area contributed by atoms with Gasteiger partial charge >= 0.3 is 0 Å². The number of aromatic nitrogens is 3. The van der Waals surface area contributed by atoms with Crippen LogP contribution in [0.1, 0.15) is 35.1 Å². The van der Waals surface area contributed by atoms with Crippen LogP contribution in [0.25, 0.3) is 0 Å². The molecule has 3 rings (SSSR count). The summed E-state index contributed by atoms with van der Waals surface area (Å²) >= 11 is 1.64. The van der Waals surface area contributed by atoms with E-state index < -0.39 is 0 Å². The molecule has 0 atom stereocenters. The summed E-state index contributed by atoms with van der Waals surface area (Å²) in [5.74, 6) is -0.207. The van der Waals surface area contributed by atoms with E-state index in [0.29, 0.717) is 11.7 Å². The summed E-state index contributed by atoms with van der Waals surface area (Å²) in [5, 5.41) is 14.6. The summed E-state index contributed by atoms with van der Waals surface area (Å²) in [6.07, 6.45) is 4.04. The minimum atomic E-state index is -0.207. The van der Waals surface area contributed by atoms with E-state index in [0.717, 1.165) is 42.2 Å². The number of hydrogen-bond donors (Lipinski definition) is 2. The summed E-state index contributed by atoms with van der Waals surface area (Å²) in [6.45, 7) is 3.87. The van der Waals surface area contributed by atoms with Crippen LogP contribution >= 0.6 is 24.2 Å². The van der Waals surface area contributed by atoms with Crippen molar-refractivity contribution in [2.45, 2.75) is 30.7 Å². The fourth-order valence-electron chi connectivity index (χ4n) is 2.84. The highest BCUT2D eigenvalue weighted by atomic mass is 35.5. The fourth-order valence-corrected chi connectivity index (χ4v) is 3.30. The van der Waals surface area contributed by atoms with E-state index in [1.807, 2.05) is 42.1 Å². The Balaban J connectivity index is 0.00000208. The van der Waals surface area contributed by atoms with Gasteiger partial charge in [0.05, 0.1) is 11.7 Å². The molecule has 2 N–H and O–H groups in total. The van der Waals surface area contributed by atoms with Crippen molar-refractivity contribution in [3.63, 3.8) is 0 Å². The van der Waals surface area contributed by atoms with E-state index in [-0.39, 0.29) is 18.3 Å². The zero-order valence-corrected chi connectivity index (χ0v) is 15.4. The quantitative estimate of drug-likeness (QED) is 0.813. The minimum absolute atomic E-state index is 0. The number of carbonyl (C=O) groups is 1. The van der Waals surface area contributed by atoms with Crippen LogP contribution in [0.15, 0.2) is 29.2 Å². The van der Waals surface area contributed by atoms with Crippen molar-refractivity contribution in [2.75, 3.05) is 24.7 Å². The van der Waals surface area contributed by atoms with E-state index in [2.05, 4.69) is 20.9 Å². The maximum atomic E-state index is 12.5. The third kappa shape index (κ3) is 4.09. The SMILES string of the molecule is CSc1cccc(NC(=O)c2nnn(C3CCNCC3)c2C)c1.Cl. The molecule has 8 heteroatoms. The summed E-state index contributed by atoms with van der Waals surface area (Å²) < 4.78 is 1.90. The molecule has 0 aliphatic carbocycles. The fraction of sp³-hybridized carbons (Fsp3) is 0.438. The first-order valence-electron chi connectivity index (χ1n) is 7.77. The number of halogens is 1. The van der Waals surface area contributed by atoms with Crippen molar-refractivity contribution in [1.82, 2.24) is 20.3 Å². The molecular formula is C16H22ClN5OS. The number of amides is 1. The average molecular weight is 368 g/mol. The molecule has 1 saturated heterocycles. The van der Waals surface area contributed by atoms with Gasteiger partial charge in [-0.1, -0.05) is 11.3 Å². The van der Waals surface area contributed by atoms with Crippen LogP contribution < -0.4 is 10.6 Å². The van der Waals surface area contributed by atoms with Crippen LogP contribution in [0.3, 0.4) is 0 Å². The lowest BCUT2D eigenvalue weighted by molar-refractivity contribution is 0.102. The molecule has 1 aliphatic rings. The number of thioether (sulfide) groups is 1. The van der Waals surface area contributed by atoms with Gasteiger partial charge < -0.3 is 10.6 Å². The number of anilines is 1. The smallest absolute Gasteiger partial charge is 0.278 e. The Bertz CT molecular complexity index is 700. The average Bonchev–Trinajstić information content (AvgIpc) is 2.97. The molecule has 1 aliphatic heterocycles. The lowest BCUT2D eigenvalue weighted by Crippen LogP contribution is -2.30. The molecule has 0 bridgehead atoms. The van der Waals surface area contributed by atoms with E-state index >= 15 is 0 Å². The molecule has 1 aromatic heterocycles. The molecule has 1 amide bonds. The molecule has 130 valence electrons. The molecule has 2 aromatic rings. The standard InChI is InChI=1S/C16H21N5OS.ClH/c1-11-15(19-20-21(11)13-6-8-17-9-7-13)16(22)18-12-4-3-5-14(10-12)23-2;/h3-5,10,13,17H,6-9H2,1-2H3,(H,18,22);1H. The molecule has 1 fully saturated rings. The van der Waals surface area contributed by atoms with Gasteiger partial charge in [0.25, 0.3) is 5.91 Å². The Morgan fingerprint density at radius 2 is 2.12 bits per heavy atom. The van der Waals surface area contributed by atoms with Crippen LogP contribution in [0.5, 0.6) is 0 Å². The number of hydrogen-bond acceptors (Lipinski definition) is 5. The van der Waals surface area contributed by atoms with Gasteiger partial charge in [-0.25, -0.2) is 4.68 Å². The van der Waals surface area contributed by atoms with Crippen LogP contribution in [0.2, 0.25) is 0 Å². The molecule has 0 saturated carbocycles. The summed E-state index contributed by atoms with van der Waals surface area (Å²) in [6, 6.07) is 8.10. The summed E-state index contributed by atoms with van der Waals surface area (Å²) in [4.78, 5) is 13.6. The number of nitrogens with zero attached hydrogens (tertiary/aromatic N) is 3. The molecule has 1 aromatic carbocycles. The Hall–Kier alpha value is -1.57. The monoisotopic (exact) mass is 367 g/mol. The van der Waals surface area contributed by atoms with Gasteiger partial charge in [-0.05, 0) is 57.3 Å². The second kappa shape index (κ2) is 8.50. The van der Waals surface area contributed by atoms with Crippen LogP contribution in [0, 0.1) is 6.92 Å². The number of nitrogens with one attached hydrogen (secondary N) is 2. The van der Waals surface area contributed by atoms with Crippen LogP contribution in [-0.4, -0.2) is 40.2 Å². The Morgan fingerprint density at radius 1 is 1.38 bits per heavy atom. The molecule has 0 unspecified atom stereocenters. The van der Waals surface area contributed by atoms with Gasteiger partial charge in [-0.3, -0.25) is 4.79 Å². The maximum Gasteiger partial charge on any atom is 0.278 e. The van der Waals surface area contributed by atoms with Crippen molar-refractivity contribution in [1.29, 1.82) is 0 Å². The van der Waals surface area contributed by atoms with Gasteiger partial charge in [-0.2, -0.15) is 0 Å². The lowest BCUT2D eigenvalue weighted by Gasteiger charge is -2.23. The van der Waals surface area contributed by atoms with E-state index in [9.17, 15) is 4.79 Å². The van der Waals surface area contributed by atoms with E-state index in [1.54, 1.807) is 11.8 Å². The predicted octanol–water partition coefficient (Wildman–Crippen LogP) is 2.91.